The largest absolute Gasteiger partial charge is 0.444 e. The number of anilines is 1. The van der Waals surface area contributed by atoms with E-state index in [-0.39, 0.29) is 5.69 Å². The number of pyridine rings is 1. The van der Waals surface area contributed by atoms with Gasteiger partial charge in [-0.15, -0.1) is 0 Å². The molecule has 100 valence electrons. The Bertz CT molecular complexity index is 439. The van der Waals surface area contributed by atoms with Crippen molar-refractivity contribution in [2.45, 2.75) is 32.5 Å². The molecule has 1 N–H and O–H groups in total. The monoisotopic (exact) mass is 262 g/mol. The SMILES string of the molecule is CC(C)(C)OC(=O)Nc1cncc(C(F)(F)F)c1. The molecule has 1 aromatic rings. The summed E-state index contributed by atoms with van der Waals surface area (Å²) in [5.41, 5.74) is -1.73. The van der Waals surface area contributed by atoms with Gasteiger partial charge in [0.05, 0.1) is 17.4 Å². The van der Waals surface area contributed by atoms with Gasteiger partial charge in [0, 0.05) is 6.20 Å². The first-order chi connectivity index (χ1) is 8.08. The number of halogens is 3. The Morgan fingerprint density at radius 2 is 1.89 bits per heavy atom. The highest BCUT2D eigenvalue weighted by Crippen LogP contribution is 2.29. The summed E-state index contributed by atoms with van der Waals surface area (Å²) in [5.74, 6) is 0. The molecule has 0 saturated heterocycles. The summed E-state index contributed by atoms with van der Waals surface area (Å²) >= 11 is 0. The summed E-state index contributed by atoms with van der Waals surface area (Å²) in [6.45, 7) is 4.95. The van der Waals surface area contributed by atoms with Crippen LogP contribution >= 0.6 is 0 Å². The Morgan fingerprint density at radius 1 is 1.28 bits per heavy atom. The summed E-state index contributed by atoms with van der Waals surface area (Å²) in [5, 5.41) is 2.19. The number of alkyl halides is 3. The zero-order valence-corrected chi connectivity index (χ0v) is 10.1. The molecule has 1 aromatic heterocycles. The molecule has 0 unspecified atom stereocenters. The average molecular weight is 262 g/mol. The number of rotatable bonds is 1. The Morgan fingerprint density at radius 3 is 2.39 bits per heavy atom. The van der Waals surface area contributed by atoms with Crippen LogP contribution in [0.2, 0.25) is 0 Å². The number of nitrogens with zero attached hydrogens (tertiary/aromatic N) is 1. The van der Waals surface area contributed by atoms with Crippen molar-refractivity contribution in [1.82, 2.24) is 4.98 Å². The molecule has 1 rings (SSSR count). The molecule has 0 spiro atoms. The van der Waals surface area contributed by atoms with E-state index in [1.165, 1.54) is 0 Å². The van der Waals surface area contributed by atoms with Gasteiger partial charge in [-0.05, 0) is 26.8 Å². The fourth-order valence-corrected chi connectivity index (χ4v) is 1.08. The molecule has 0 atom stereocenters. The lowest BCUT2D eigenvalue weighted by molar-refractivity contribution is -0.137. The molecule has 0 aliphatic heterocycles. The maximum Gasteiger partial charge on any atom is 0.417 e. The molecule has 1 heterocycles. The van der Waals surface area contributed by atoms with Crippen LogP contribution in [0.4, 0.5) is 23.7 Å². The van der Waals surface area contributed by atoms with Gasteiger partial charge in [-0.3, -0.25) is 10.3 Å². The van der Waals surface area contributed by atoms with E-state index in [9.17, 15) is 18.0 Å². The number of hydrogen-bond donors (Lipinski definition) is 1. The van der Waals surface area contributed by atoms with Gasteiger partial charge in [-0.25, -0.2) is 4.79 Å². The van der Waals surface area contributed by atoms with Crippen LogP contribution in [0.15, 0.2) is 18.5 Å². The normalized spacial score (nSPS) is 12.1. The van der Waals surface area contributed by atoms with E-state index in [1.54, 1.807) is 20.8 Å². The maximum atomic E-state index is 12.4. The fourth-order valence-electron chi connectivity index (χ4n) is 1.08. The number of amides is 1. The molecule has 0 aliphatic rings. The van der Waals surface area contributed by atoms with Crippen molar-refractivity contribution in [2.24, 2.45) is 0 Å². The average Bonchev–Trinajstić information content (AvgIpc) is 2.13. The predicted molar refractivity (Wildman–Crippen MR) is 59.1 cm³/mol. The lowest BCUT2D eigenvalue weighted by Gasteiger charge is -2.19. The zero-order valence-electron chi connectivity index (χ0n) is 10.1. The van der Waals surface area contributed by atoms with Crippen LogP contribution in [0.3, 0.4) is 0 Å². The van der Waals surface area contributed by atoms with Gasteiger partial charge in [0.15, 0.2) is 0 Å². The lowest BCUT2D eigenvalue weighted by Crippen LogP contribution is -2.27. The Labute approximate surface area is 102 Å². The summed E-state index contributed by atoms with van der Waals surface area (Å²) in [4.78, 5) is 14.8. The number of ether oxygens (including phenoxy) is 1. The third-order valence-corrected chi connectivity index (χ3v) is 1.71. The van der Waals surface area contributed by atoms with Crippen molar-refractivity contribution < 1.29 is 22.7 Å². The second-order valence-corrected chi connectivity index (χ2v) is 4.59. The fraction of sp³-hybridized carbons (Fsp3) is 0.455. The minimum Gasteiger partial charge on any atom is -0.444 e. The highest BCUT2D eigenvalue weighted by Gasteiger charge is 2.31. The van der Waals surface area contributed by atoms with Crippen LogP contribution in [0.5, 0.6) is 0 Å². The third kappa shape index (κ3) is 4.60. The number of carbonyl (C=O) groups excluding carboxylic acids is 1. The van der Waals surface area contributed by atoms with E-state index in [4.69, 9.17) is 4.74 Å². The molecule has 1 amide bonds. The molecule has 0 fully saturated rings. The van der Waals surface area contributed by atoms with E-state index in [2.05, 4.69) is 10.3 Å². The molecule has 0 bridgehead atoms. The highest BCUT2D eigenvalue weighted by atomic mass is 19.4. The topological polar surface area (TPSA) is 51.2 Å². The zero-order chi connectivity index (χ0) is 14.0. The first kappa shape index (κ1) is 14.3. The van der Waals surface area contributed by atoms with Crippen LogP contribution in [0.1, 0.15) is 26.3 Å². The lowest BCUT2D eigenvalue weighted by atomic mass is 10.2. The summed E-state index contributed by atoms with van der Waals surface area (Å²) < 4.78 is 42.1. The van der Waals surface area contributed by atoms with Crippen molar-refractivity contribution in [3.8, 4) is 0 Å². The van der Waals surface area contributed by atoms with Crippen molar-refractivity contribution in [1.29, 1.82) is 0 Å². The first-order valence-electron chi connectivity index (χ1n) is 5.10. The maximum absolute atomic E-state index is 12.4. The number of carbonyl (C=O) groups is 1. The molecule has 0 radical (unpaired) electrons. The van der Waals surface area contributed by atoms with Gasteiger partial charge in [-0.2, -0.15) is 13.2 Å². The number of nitrogens with one attached hydrogen (secondary N) is 1. The van der Waals surface area contributed by atoms with Crippen molar-refractivity contribution in [3.05, 3.63) is 24.0 Å². The molecular weight excluding hydrogens is 249 g/mol. The van der Waals surface area contributed by atoms with Crippen LogP contribution < -0.4 is 5.32 Å². The molecule has 0 aliphatic carbocycles. The van der Waals surface area contributed by atoms with E-state index in [1.807, 2.05) is 0 Å². The third-order valence-electron chi connectivity index (χ3n) is 1.71. The smallest absolute Gasteiger partial charge is 0.417 e. The van der Waals surface area contributed by atoms with Gasteiger partial charge in [-0.1, -0.05) is 0 Å². The summed E-state index contributed by atoms with van der Waals surface area (Å²) in [6.07, 6.45) is -3.54. The van der Waals surface area contributed by atoms with Gasteiger partial charge in [0.2, 0.25) is 0 Å². The Balaban J connectivity index is 2.77. The highest BCUT2D eigenvalue weighted by molar-refractivity contribution is 5.84. The molecule has 0 saturated carbocycles. The minimum atomic E-state index is -4.50. The molecule has 0 aromatic carbocycles. The van der Waals surface area contributed by atoms with Crippen LogP contribution in [0, 0.1) is 0 Å². The van der Waals surface area contributed by atoms with E-state index in [0.717, 1.165) is 12.3 Å². The molecule has 4 nitrogen and oxygen atoms in total. The predicted octanol–water partition coefficient (Wildman–Crippen LogP) is 3.45. The molecule has 7 heteroatoms. The van der Waals surface area contributed by atoms with E-state index in [0.29, 0.717) is 6.20 Å². The standard InChI is InChI=1S/C11H13F3N2O2/c1-10(2,3)18-9(17)16-8-4-7(5-15-6-8)11(12,13)14/h4-6H,1-3H3,(H,16,17). The van der Waals surface area contributed by atoms with Crippen LogP contribution in [0.25, 0.3) is 0 Å². The Hall–Kier alpha value is -1.79. The molecular formula is C11H13F3N2O2. The van der Waals surface area contributed by atoms with Gasteiger partial charge >= 0.3 is 12.3 Å². The second kappa shape index (κ2) is 4.83. The van der Waals surface area contributed by atoms with Crippen LogP contribution in [-0.2, 0) is 10.9 Å². The van der Waals surface area contributed by atoms with Crippen molar-refractivity contribution in [3.63, 3.8) is 0 Å². The van der Waals surface area contributed by atoms with Gasteiger partial charge in [0.25, 0.3) is 0 Å². The number of aromatic nitrogens is 1. The van der Waals surface area contributed by atoms with Crippen LogP contribution in [-0.4, -0.2) is 16.7 Å². The quantitative estimate of drug-likeness (QED) is 0.843. The second-order valence-electron chi connectivity index (χ2n) is 4.59. The van der Waals surface area contributed by atoms with E-state index < -0.39 is 23.4 Å². The van der Waals surface area contributed by atoms with Gasteiger partial charge < -0.3 is 4.74 Å². The minimum absolute atomic E-state index is 0.0703. The Kier molecular flexibility index (Phi) is 3.83. The van der Waals surface area contributed by atoms with Crippen molar-refractivity contribution in [2.75, 3.05) is 5.32 Å². The first-order valence-corrected chi connectivity index (χ1v) is 5.10. The van der Waals surface area contributed by atoms with Crippen molar-refractivity contribution >= 4 is 11.8 Å². The number of hydrogen-bond acceptors (Lipinski definition) is 3. The summed E-state index contributed by atoms with van der Waals surface area (Å²) in [6, 6.07) is 0.789. The molecule has 18 heavy (non-hydrogen) atoms. The van der Waals surface area contributed by atoms with Gasteiger partial charge in [0.1, 0.15) is 5.60 Å². The summed E-state index contributed by atoms with van der Waals surface area (Å²) in [7, 11) is 0. The van der Waals surface area contributed by atoms with E-state index >= 15 is 0 Å².